The van der Waals surface area contributed by atoms with Crippen LogP contribution >= 0.6 is 0 Å². The molecule has 0 saturated heterocycles. The summed E-state index contributed by atoms with van der Waals surface area (Å²) in [7, 11) is 1.38. The van der Waals surface area contributed by atoms with Crippen LogP contribution in [-0.4, -0.2) is 37.2 Å². The number of benzene rings is 1. The average Bonchev–Trinajstić information content (AvgIpc) is 2.45. The third kappa shape index (κ3) is 3.20. The zero-order chi connectivity index (χ0) is 14.5. The van der Waals surface area contributed by atoms with Crippen LogP contribution in [0.25, 0.3) is 0 Å². The smallest absolute Gasteiger partial charge is 0.409 e. The highest BCUT2D eigenvalue weighted by Gasteiger charge is 2.21. The maximum atomic E-state index is 11.5. The largest absolute Gasteiger partial charge is 0.453 e. The van der Waals surface area contributed by atoms with E-state index in [4.69, 9.17) is 4.74 Å². The SMILES string of the molecule is CCNC(=O)Nc1ccc2c(c1)CN(C(=O)OC)CC2. The molecule has 1 aliphatic heterocycles. The molecule has 2 rings (SSSR count). The number of anilines is 1. The minimum atomic E-state index is -0.322. The zero-order valence-electron chi connectivity index (χ0n) is 11.7. The number of nitrogens with one attached hydrogen (secondary N) is 2. The maximum absolute atomic E-state index is 11.5. The van der Waals surface area contributed by atoms with E-state index in [1.165, 1.54) is 12.7 Å². The Hall–Kier alpha value is -2.24. The highest BCUT2D eigenvalue weighted by atomic mass is 16.5. The van der Waals surface area contributed by atoms with Gasteiger partial charge in [0, 0.05) is 25.3 Å². The highest BCUT2D eigenvalue weighted by Crippen LogP contribution is 2.23. The van der Waals surface area contributed by atoms with E-state index in [9.17, 15) is 9.59 Å². The van der Waals surface area contributed by atoms with Crippen LogP contribution in [0.2, 0.25) is 0 Å². The Balaban J connectivity index is 2.10. The topological polar surface area (TPSA) is 70.7 Å². The molecule has 6 heteroatoms. The van der Waals surface area contributed by atoms with Crippen LogP contribution in [0.15, 0.2) is 18.2 Å². The lowest BCUT2D eigenvalue weighted by molar-refractivity contribution is 0.118. The van der Waals surface area contributed by atoms with Gasteiger partial charge in [-0.3, -0.25) is 0 Å². The van der Waals surface area contributed by atoms with Crippen LogP contribution in [0, 0.1) is 0 Å². The number of ether oxygens (including phenoxy) is 1. The van der Waals surface area contributed by atoms with Crippen LogP contribution in [0.5, 0.6) is 0 Å². The molecule has 1 aliphatic rings. The van der Waals surface area contributed by atoms with E-state index in [0.29, 0.717) is 19.6 Å². The van der Waals surface area contributed by atoms with E-state index in [-0.39, 0.29) is 12.1 Å². The summed E-state index contributed by atoms with van der Waals surface area (Å²) in [4.78, 5) is 24.7. The predicted molar refractivity (Wildman–Crippen MR) is 75.7 cm³/mol. The average molecular weight is 277 g/mol. The first-order chi connectivity index (χ1) is 9.63. The number of carbonyl (C=O) groups is 2. The monoisotopic (exact) mass is 277 g/mol. The van der Waals surface area contributed by atoms with Gasteiger partial charge in [-0.15, -0.1) is 0 Å². The molecular weight excluding hydrogens is 258 g/mol. The molecule has 1 aromatic rings. The maximum Gasteiger partial charge on any atom is 0.409 e. The van der Waals surface area contributed by atoms with Crippen molar-refractivity contribution in [3.8, 4) is 0 Å². The first-order valence-electron chi connectivity index (χ1n) is 6.63. The van der Waals surface area contributed by atoms with E-state index in [0.717, 1.165) is 17.7 Å². The Morgan fingerprint density at radius 3 is 2.85 bits per heavy atom. The molecule has 1 heterocycles. The molecule has 0 atom stereocenters. The van der Waals surface area contributed by atoms with E-state index in [2.05, 4.69) is 10.6 Å². The number of methoxy groups -OCH3 is 1. The molecule has 0 bridgehead atoms. The first-order valence-corrected chi connectivity index (χ1v) is 6.63. The van der Waals surface area contributed by atoms with Crippen molar-refractivity contribution < 1.29 is 14.3 Å². The molecule has 6 nitrogen and oxygen atoms in total. The first kappa shape index (κ1) is 14.2. The summed E-state index contributed by atoms with van der Waals surface area (Å²) in [6.07, 6.45) is 0.476. The van der Waals surface area contributed by atoms with Gasteiger partial charge in [-0.2, -0.15) is 0 Å². The molecule has 2 N–H and O–H groups in total. The van der Waals surface area contributed by atoms with E-state index in [1.54, 1.807) is 4.90 Å². The lowest BCUT2D eigenvalue weighted by atomic mass is 9.99. The fourth-order valence-electron chi connectivity index (χ4n) is 2.26. The highest BCUT2D eigenvalue weighted by molar-refractivity contribution is 5.89. The minimum absolute atomic E-state index is 0.229. The van der Waals surface area contributed by atoms with Crippen molar-refractivity contribution in [2.75, 3.05) is 25.5 Å². The van der Waals surface area contributed by atoms with E-state index < -0.39 is 0 Å². The van der Waals surface area contributed by atoms with Gasteiger partial charge in [0.1, 0.15) is 0 Å². The van der Waals surface area contributed by atoms with Gasteiger partial charge in [0.15, 0.2) is 0 Å². The molecule has 0 radical (unpaired) electrons. The summed E-state index contributed by atoms with van der Waals surface area (Å²) in [5.41, 5.74) is 2.96. The number of amides is 3. The molecule has 108 valence electrons. The molecular formula is C14H19N3O3. The Morgan fingerprint density at radius 1 is 1.35 bits per heavy atom. The van der Waals surface area contributed by atoms with Crippen molar-refractivity contribution in [3.05, 3.63) is 29.3 Å². The minimum Gasteiger partial charge on any atom is -0.453 e. The second kappa shape index (κ2) is 6.27. The fraction of sp³-hybridized carbons (Fsp3) is 0.429. The Labute approximate surface area is 118 Å². The normalized spacial score (nSPS) is 13.4. The number of carbonyl (C=O) groups excluding carboxylic acids is 2. The van der Waals surface area contributed by atoms with E-state index in [1.807, 2.05) is 25.1 Å². The summed E-state index contributed by atoms with van der Waals surface area (Å²) >= 11 is 0. The van der Waals surface area contributed by atoms with Gasteiger partial charge in [-0.25, -0.2) is 9.59 Å². The van der Waals surface area contributed by atoms with Crippen molar-refractivity contribution in [2.24, 2.45) is 0 Å². The third-order valence-corrected chi connectivity index (χ3v) is 3.25. The number of rotatable bonds is 2. The molecule has 20 heavy (non-hydrogen) atoms. The van der Waals surface area contributed by atoms with Crippen molar-refractivity contribution in [1.29, 1.82) is 0 Å². The number of hydrogen-bond acceptors (Lipinski definition) is 3. The van der Waals surface area contributed by atoms with Crippen LogP contribution < -0.4 is 10.6 Å². The summed E-state index contributed by atoms with van der Waals surface area (Å²) < 4.78 is 4.74. The van der Waals surface area contributed by atoms with Gasteiger partial charge < -0.3 is 20.3 Å². The summed E-state index contributed by atoms with van der Waals surface area (Å²) in [6.45, 7) is 3.60. The summed E-state index contributed by atoms with van der Waals surface area (Å²) in [5, 5.41) is 5.44. The molecule has 3 amide bonds. The third-order valence-electron chi connectivity index (χ3n) is 3.25. The van der Waals surface area contributed by atoms with Crippen molar-refractivity contribution >= 4 is 17.8 Å². The Bertz CT molecular complexity index is 516. The standard InChI is InChI=1S/C14H19N3O3/c1-3-15-13(18)16-12-5-4-10-6-7-17(14(19)20-2)9-11(10)8-12/h4-5,8H,3,6-7,9H2,1-2H3,(H2,15,16,18). The van der Waals surface area contributed by atoms with Gasteiger partial charge in [-0.05, 0) is 36.6 Å². The van der Waals surface area contributed by atoms with Crippen molar-refractivity contribution in [3.63, 3.8) is 0 Å². The van der Waals surface area contributed by atoms with Gasteiger partial charge >= 0.3 is 12.1 Å². The number of hydrogen-bond donors (Lipinski definition) is 2. The molecule has 1 aromatic carbocycles. The van der Waals surface area contributed by atoms with Crippen LogP contribution in [-0.2, 0) is 17.7 Å². The Morgan fingerprint density at radius 2 is 2.15 bits per heavy atom. The lowest BCUT2D eigenvalue weighted by Crippen LogP contribution is -2.36. The molecule has 0 spiro atoms. The van der Waals surface area contributed by atoms with E-state index >= 15 is 0 Å². The number of fused-ring (bicyclic) bond motifs is 1. The van der Waals surface area contributed by atoms with Gasteiger partial charge in [0.2, 0.25) is 0 Å². The van der Waals surface area contributed by atoms with Crippen LogP contribution in [0.3, 0.4) is 0 Å². The lowest BCUT2D eigenvalue weighted by Gasteiger charge is -2.28. The van der Waals surface area contributed by atoms with Gasteiger partial charge in [-0.1, -0.05) is 6.07 Å². The number of nitrogens with zero attached hydrogens (tertiary/aromatic N) is 1. The Kier molecular flexibility index (Phi) is 4.45. The second-order valence-electron chi connectivity index (χ2n) is 4.61. The molecule has 0 aromatic heterocycles. The summed E-state index contributed by atoms with van der Waals surface area (Å²) in [6, 6.07) is 5.54. The molecule has 0 saturated carbocycles. The van der Waals surface area contributed by atoms with Crippen LogP contribution in [0.1, 0.15) is 18.1 Å². The number of urea groups is 1. The predicted octanol–water partition coefficient (Wildman–Crippen LogP) is 1.95. The van der Waals surface area contributed by atoms with Gasteiger partial charge in [0.25, 0.3) is 0 Å². The molecule has 0 aliphatic carbocycles. The molecule has 0 fully saturated rings. The van der Waals surface area contributed by atoms with Gasteiger partial charge in [0.05, 0.1) is 7.11 Å². The fourth-order valence-corrected chi connectivity index (χ4v) is 2.26. The molecule has 0 unspecified atom stereocenters. The zero-order valence-corrected chi connectivity index (χ0v) is 11.7. The van der Waals surface area contributed by atoms with Crippen molar-refractivity contribution in [2.45, 2.75) is 19.9 Å². The van der Waals surface area contributed by atoms with Crippen molar-refractivity contribution in [1.82, 2.24) is 10.2 Å². The van der Waals surface area contributed by atoms with Crippen LogP contribution in [0.4, 0.5) is 15.3 Å². The second-order valence-corrected chi connectivity index (χ2v) is 4.61. The summed E-state index contributed by atoms with van der Waals surface area (Å²) in [5.74, 6) is 0. The quantitative estimate of drug-likeness (QED) is 0.868.